The molecule has 0 N–H and O–H groups in total. The van der Waals surface area contributed by atoms with E-state index in [1.54, 1.807) is 21.6 Å². The first-order valence-corrected chi connectivity index (χ1v) is 13.4. The maximum Gasteiger partial charge on any atom is 0.330 e. The Morgan fingerprint density at radius 1 is 1.22 bits per heavy atom. The molecule has 1 unspecified atom stereocenters. The third-order valence-electron chi connectivity index (χ3n) is 2.91. The average molecular weight is 468 g/mol. The van der Waals surface area contributed by atoms with Crippen molar-refractivity contribution in [2.45, 2.75) is 44.3 Å². The second-order valence-corrected chi connectivity index (χ2v) is 11.5. The SMILES string of the molecule is C=CC(=O)OCCSSCCOC(=O)CCC(C)(C#N)SSC(=S)CCC. The highest BCUT2D eigenvalue weighted by Gasteiger charge is 2.27. The van der Waals surface area contributed by atoms with Crippen LogP contribution in [0.3, 0.4) is 0 Å². The Bertz CT molecular complexity index is 538. The molecule has 0 radical (unpaired) electrons. The van der Waals surface area contributed by atoms with E-state index in [0.717, 1.165) is 23.1 Å². The van der Waals surface area contributed by atoms with Gasteiger partial charge in [-0.2, -0.15) is 5.26 Å². The van der Waals surface area contributed by atoms with Crippen LogP contribution in [0.1, 0.15) is 39.5 Å². The minimum atomic E-state index is -0.672. The van der Waals surface area contributed by atoms with Gasteiger partial charge in [0.05, 0.1) is 10.3 Å². The van der Waals surface area contributed by atoms with Gasteiger partial charge < -0.3 is 9.47 Å². The van der Waals surface area contributed by atoms with Gasteiger partial charge in [0.15, 0.2) is 0 Å². The van der Waals surface area contributed by atoms with Gasteiger partial charge in [0.1, 0.15) is 18.0 Å². The normalized spacial score (nSPS) is 12.5. The number of hydrogen-bond acceptors (Lipinski definition) is 10. The first kappa shape index (κ1) is 26.7. The highest BCUT2D eigenvalue weighted by molar-refractivity contribution is 8.84. The first-order valence-electron chi connectivity index (χ1n) is 8.36. The number of carbonyl (C=O) groups is 2. The molecule has 0 fully saturated rings. The van der Waals surface area contributed by atoms with Gasteiger partial charge in [0.25, 0.3) is 0 Å². The van der Waals surface area contributed by atoms with E-state index in [0.29, 0.717) is 31.1 Å². The minimum absolute atomic E-state index is 0.202. The van der Waals surface area contributed by atoms with Gasteiger partial charge in [0.2, 0.25) is 0 Å². The number of esters is 2. The van der Waals surface area contributed by atoms with Crippen molar-refractivity contribution in [3.05, 3.63) is 12.7 Å². The third kappa shape index (κ3) is 15.3. The zero-order valence-corrected chi connectivity index (χ0v) is 19.6. The number of thiocarbonyl (C=S) groups is 1. The van der Waals surface area contributed by atoms with Gasteiger partial charge in [0, 0.05) is 24.0 Å². The Morgan fingerprint density at radius 2 is 1.85 bits per heavy atom. The largest absolute Gasteiger partial charge is 0.465 e. The molecule has 0 aliphatic carbocycles. The Balaban J connectivity index is 3.82. The molecule has 0 spiro atoms. The van der Waals surface area contributed by atoms with Crippen LogP contribution < -0.4 is 0 Å². The molecule has 0 aromatic heterocycles. The summed E-state index contributed by atoms with van der Waals surface area (Å²) in [5, 5.41) is 9.39. The zero-order valence-electron chi connectivity index (χ0n) is 15.6. The molecule has 10 heteroatoms. The van der Waals surface area contributed by atoms with Crippen molar-refractivity contribution in [3.63, 3.8) is 0 Å². The summed E-state index contributed by atoms with van der Waals surface area (Å²) in [5.74, 6) is 0.580. The quantitative estimate of drug-likeness (QED) is 0.105. The van der Waals surface area contributed by atoms with E-state index in [1.165, 1.54) is 21.6 Å². The molecule has 0 saturated heterocycles. The van der Waals surface area contributed by atoms with Gasteiger partial charge in [-0.05, 0) is 30.6 Å². The van der Waals surface area contributed by atoms with Crippen molar-refractivity contribution >= 4 is 71.5 Å². The van der Waals surface area contributed by atoms with Crippen LogP contribution in [0.15, 0.2) is 12.7 Å². The highest BCUT2D eigenvalue weighted by Crippen LogP contribution is 2.40. The Kier molecular flexibility index (Phi) is 16.4. The maximum absolute atomic E-state index is 11.8. The molecule has 27 heavy (non-hydrogen) atoms. The van der Waals surface area contributed by atoms with Crippen LogP contribution in [-0.2, 0) is 19.1 Å². The van der Waals surface area contributed by atoms with Crippen LogP contribution in [0.25, 0.3) is 0 Å². The van der Waals surface area contributed by atoms with E-state index >= 15 is 0 Å². The summed E-state index contributed by atoms with van der Waals surface area (Å²) >= 11 is 5.24. The number of hydrogen-bond donors (Lipinski definition) is 0. The lowest BCUT2D eigenvalue weighted by Crippen LogP contribution is -2.19. The fourth-order valence-electron chi connectivity index (χ4n) is 1.46. The van der Waals surface area contributed by atoms with E-state index in [2.05, 4.69) is 19.6 Å². The molecule has 0 aromatic carbocycles. The van der Waals surface area contributed by atoms with Gasteiger partial charge in [-0.1, -0.05) is 64.5 Å². The molecule has 0 heterocycles. The molecule has 0 rings (SSSR count). The summed E-state index contributed by atoms with van der Waals surface area (Å²) in [6.45, 7) is 7.83. The van der Waals surface area contributed by atoms with Crippen LogP contribution in [0.2, 0.25) is 0 Å². The second-order valence-electron chi connectivity index (χ2n) is 5.37. The lowest BCUT2D eigenvalue weighted by atomic mass is 10.1. The third-order valence-corrected chi connectivity index (χ3v) is 9.10. The van der Waals surface area contributed by atoms with E-state index < -0.39 is 10.7 Å². The monoisotopic (exact) mass is 467 g/mol. The van der Waals surface area contributed by atoms with Crippen molar-refractivity contribution in [1.29, 1.82) is 5.26 Å². The molecular weight excluding hydrogens is 443 g/mol. The molecule has 0 aromatic rings. The molecule has 0 amide bonds. The summed E-state index contributed by atoms with van der Waals surface area (Å²) < 4.78 is 10.2. The second kappa shape index (κ2) is 16.6. The number of carbonyl (C=O) groups excluding carboxylic acids is 2. The van der Waals surface area contributed by atoms with E-state index in [1.807, 2.05) is 6.92 Å². The number of rotatable bonds is 15. The molecule has 152 valence electrons. The predicted octanol–water partition coefficient (Wildman–Crippen LogP) is 5.21. The van der Waals surface area contributed by atoms with Crippen molar-refractivity contribution in [2.24, 2.45) is 0 Å². The first-order chi connectivity index (χ1) is 12.9. The standard InChI is InChI=1S/C17H25NO4S5/c1-4-6-16(23)26-27-17(3,13-18)8-7-15(20)22-10-12-25-24-11-9-21-14(19)5-2/h5H,2,4,6-12H2,1,3H3. The topological polar surface area (TPSA) is 76.4 Å². The van der Waals surface area contributed by atoms with E-state index in [-0.39, 0.29) is 12.4 Å². The smallest absolute Gasteiger partial charge is 0.330 e. The van der Waals surface area contributed by atoms with Crippen LogP contribution in [0, 0.1) is 11.3 Å². The zero-order chi connectivity index (χ0) is 20.5. The molecule has 0 aliphatic rings. The van der Waals surface area contributed by atoms with Crippen molar-refractivity contribution < 1.29 is 19.1 Å². The number of ether oxygens (including phenoxy) is 2. The summed E-state index contributed by atoms with van der Waals surface area (Å²) in [7, 11) is 5.95. The van der Waals surface area contributed by atoms with Crippen molar-refractivity contribution in [3.8, 4) is 6.07 Å². The highest BCUT2D eigenvalue weighted by atomic mass is 33.1. The lowest BCUT2D eigenvalue weighted by Gasteiger charge is -2.19. The van der Waals surface area contributed by atoms with Crippen molar-refractivity contribution in [2.75, 3.05) is 24.7 Å². The lowest BCUT2D eigenvalue weighted by molar-refractivity contribution is -0.143. The molecule has 5 nitrogen and oxygen atoms in total. The van der Waals surface area contributed by atoms with Crippen LogP contribution in [0.4, 0.5) is 0 Å². The van der Waals surface area contributed by atoms with Crippen LogP contribution >= 0.6 is 55.4 Å². The predicted molar refractivity (Wildman–Crippen MR) is 123 cm³/mol. The van der Waals surface area contributed by atoms with E-state index in [4.69, 9.17) is 21.7 Å². The molecular formula is C17H25NO4S5. The van der Waals surface area contributed by atoms with Gasteiger partial charge >= 0.3 is 11.9 Å². The molecule has 0 bridgehead atoms. The fraction of sp³-hybridized carbons (Fsp3) is 0.647. The summed E-state index contributed by atoms with van der Waals surface area (Å²) in [5.41, 5.74) is 0. The Morgan fingerprint density at radius 3 is 2.41 bits per heavy atom. The Hall–Kier alpha value is -0.340. The van der Waals surface area contributed by atoms with Crippen molar-refractivity contribution in [1.82, 2.24) is 0 Å². The van der Waals surface area contributed by atoms with Crippen LogP contribution in [-0.4, -0.2) is 45.6 Å². The molecule has 0 saturated carbocycles. The summed E-state index contributed by atoms with van der Waals surface area (Å²) in [6.07, 6.45) is 3.59. The number of nitriles is 1. The average Bonchev–Trinajstić information content (AvgIpc) is 2.66. The van der Waals surface area contributed by atoms with Gasteiger partial charge in [-0.15, -0.1) is 0 Å². The van der Waals surface area contributed by atoms with Crippen LogP contribution in [0.5, 0.6) is 0 Å². The maximum atomic E-state index is 11.8. The summed E-state index contributed by atoms with van der Waals surface area (Å²) in [4.78, 5) is 22.7. The molecule has 0 aliphatic heterocycles. The number of nitrogens with zero attached hydrogens (tertiary/aromatic N) is 1. The van der Waals surface area contributed by atoms with E-state index in [9.17, 15) is 14.9 Å². The molecule has 1 atom stereocenters. The van der Waals surface area contributed by atoms with Gasteiger partial charge in [-0.3, -0.25) is 4.79 Å². The summed E-state index contributed by atoms with van der Waals surface area (Å²) in [6, 6.07) is 2.26. The fourth-order valence-corrected chi connectivity index (χ4v) is 5.85. The van der Waals surface area contributed by atoms with Gasteiger partial charge in [-0.25, -0.2) is 4.79 Å². The Labute approximate surface area is 182 Å². The minimum Gasteiger partial charge on any atom is -0.465 e.